The molecule has 0 aliphatic carbocycles. The number of nitrogens with zero attached hydrogens (tertiary/aromatic N) is 1. The molecule has 0 radical (unpaired) electrons. The molecule has 0 atom stereocenters. The van der Waals surface area contributed by atoms with Crippen molar-refractivity contribution in [2.24, 2.45) is 0 Å². The van der Waals surface area contributed by atoms with Crippen molar-refractivity contribution in [3.63, 3.8) is 0 Å². The van der Waals surface area contributed by atoms with Crippen LogP contribution in [0.4, 0.5) is 0 Å². The molecule has 2 nitrogen and oxygen atoms in total. The van der Waals surface area contributed by atoms with Crippen molar-refractivity contribution in [2.45, 2.75) is 39.5 Å². The molecule has 0 aromatic carbocycles. The lowest BCUT2D eigenvalue weighted by molar-refractivity contribution is 0.0973. The van der Waals surface area contributed by atoms with Crippen molar-refractivity contribution in [1.29, 1.82) is 0 Å². The Bertz CT molecular complexity index is 525. The zero-order valence-electron chi connectivity index (χ0n) is 10.6. The summed E-state index contributed by atoms with van der Waals surface area (Å²) < 4.78 is 2.02. The smallest absolute Gasteiger partial charge is 0.179 e. The number of unbranched alkanes of at least 4 members (excludes halogenated alkanes) is 1. The zero-order valence-corrected chi connectivity index (χ0v) is 10.6. The lowest BCUT2D eigenvalue weighted by Gasteiger charge is -2.04. The Morgan fingerprint density at radius 3 is 2.82 bits per heavy atom. The van der Waals surface area contributed by atoms with E-state index in [1.54, 1.807) is 0 Å². The maximum atomic E-state index is 12.2. The second-order valence-corrected chi connectivity index (χ2v) is 4.39. The highest BCUT2D eigenvalue weighted by molar-refractivity contribution is 5.97. The summed E-state index contributed by atoms with van der Waals surface area (Å²) in [5.41, 5.74) is 3.16. The van der Waals surface area contributed by atoms with E-state index in [4.69, 9.17) is 0 Å². The molecule has 0 saturated heterocycles. The molecule has 2 heteroatoms. The Hall–Kier alpha value is -1.57. The van der Waals surface area contributed by atoms with Crippen LogP contribution in [0, 0.1) is 0 Å². The van der Waals surface area contributed by atoms with Crippen LogP contribution in [0.1, 0.15) is 49.2 Å². The number of carbonyl (C=O) groups excluding carboxylic acids is 1. The number of pyridine rings is 1. The van der Waals surface area contributed by atoms with Crippen molar-refractivity contribution < 1.29 is 4.79 Å². The second kappa shape index (κ2) is 5.17. The summed E-state index contributed by atoms with van der Waals surface area (Å²) in [6.45, 7) is 4.22. The summed E-state index contributed by atoms with van der Waals surface area (Å²) in [6.07, 6.45) is 5.59. The average Bonchev–Trinajstić information content (AvgIpc) is 2.74. The average molecular weight is 229 g/mol. The van der Waals surface area contributed by atoms with Crippen molar-refractivity contribution >= 4 is 11.3 Å². The third-order valence-electron chi connectivity index (χ3n) is 3.16. The molecular weight excluding hydrogens is 210 g/mol. The first-order chi connectivity index (χ1) is 8.27. The highest BCUT2D eigenvalue weighted by atomic mass is 16.1. The van der Waals surface area contributed by atoms with Crippen molar-refractivity contribution in [1.82, 2.24) is 4.40 Å². The van der Waals surface area contributed by atoms with E-state index in [1.807, 2.05) is 22.7 Å². The third kappa shape index (κ3) is 2.26. The molecule has 2 aromatic rings. The van der Waals surface area contributed by atoms with Gasteiger partial charge in [0.15, 0.2) is 5.78 Å². The summed E-state index contributed by atoms with van der Waals surface area (Å²) in [4.78, 5) is 12.2. The molecule has 0 amide bonds. The van der Waals surface area contributed by atoms with E-state index in [9.17, 15) is 4.79 Å². The minimum atomic E-state index is 0.273. The number of Topliss-reactive ketones (excluding diaryl/α,β-unsaturated/α-hetero) is 1. The molecule has 0 fully saturated rings. The van der Waals surface area contributed by atoms with E-state index in [2.05, 4.69) is 26.0 Å². The number of fused-ring (bicyclic) bond motifs is 1. The molecular formula is C15H19NO. The quantitative estimate of drug-likeness (QED) is 0.713. The van der Waals surface area contributed by atoms with Gasteiger partial charge in [0.1, 0.15) is 0 Å². The van der Waals surface area contributed by atoms with Gasteiger partial charge in [-0.3, -0.25) is 4.79 Å². The maximum Gasteiger partial charge on any atom is 0.179 e. The van der Waals surface area contributed by atoms with Gasteiger partial charge in [0, 0.05) is 18.1 Å². The van der Waals surface area contributed by atoms with Crippen LogP contribution in [0.15, 0.2) is 30.5 Å². The number of aryl methyl sites for hydroxylation is 1. The number of ketones is 1. The van der Waals surface area contributed by atoms with Gasteiger partial charge in [0.05, 0.1) is 5.69 Å². The van der Waals surface area contributed by atoms with Crippen LogP contribution in [0.25, 0.3) is 5.52 Å². The minimum Gasteiger partial charge on any atom is -0.314 e. The summed E-state index contributed by atoms with van der Waals surface area (Å²) in [5.74, 6) is 0.273. The molecule has 0 bridgehead atoms. The molecule has 0 aliphatic heterocycles. The normalized spacial score (nSPS) is 10.9. The number of rotatable bonds is 5. The Morgan fingerprint density at radius 1 is 1.29 bits per heavy atom. The number of aromatic nitrogens is 1. The van der Waals surface area contributed by atoms with Crippen LogP contribution >= 0.6 is 0 Å². The Labute approximate surface area is 102 Å². The summed E-state index contributed by atoms with van der Waals surface area (Å²) in [5, 5.41) is 0. The highest BCUT2D eigenvalue weighted by Gasteiger charge is 2.15. The first kappa shape index (κ1) is 11.9. The summed E-state index contributed by atoms with van der Waals surface area (Å²) >= 11 is 0. The van der Waals surface area contributed by atoms with Gasteiger partial charge in [-0.25, -0.2) is 0 Å². The van der Waals surface area contributed by atoms with Crippen LogP contribution in [0.3, 0.4) is 0 Å². The fraction of sp³-hybridized carbons (Fsp3) is 0.400. The van der Waals surface area contributed by atoms with Gasteiger partial charge in [-0.15, -0.1) is 0 Å². The van der Waals surface area contributed by atoms with Gasteiger partial charge in [0.2, 0.25) is 0 Å². The van der Waals surface area contributed by atoms with Gasteiger partial charge < -0.3 is 4.40 Å². The SMILES string of the molecule is CCCCC(=O)c1c(CC)cc2ccccn12. The summed E-state index contributed by atoms with van der Waals surface area (Å²) in [6, 6.07) is 8.16. The lowest BCUT2D eigenvalue weighted by atomic mass is 10.1. The number of hydrogen-bond donors (Lipinski definition) is 0. The monoisotopic (exact) mass is 229 g/mol. The van der Waals surface area contributed by atoms with Gasteiger partial charge in [-0.1, -0.05) is 26.3 Å². The number of hydrogen-bond acceptors (Lipinski definition) is 1. The van der Waals surface area contributed by atoms with E-state index in [0.29, 0.717) is 6.42 Å². The molecule has 0 aliphatic rings. The van der Waals surface area contributed by atoms with Crippen molar-refractivity contribution in [2.75, 3.05) is 0 Å². The zero-order chi connectivity index (χ0) is 12.3. The Kier molecular flexibility index (Phi) is 3.62. The summed E-state index contributed by atoms with van der Waals surface area (Å²) in [7, 11) is 0. The van der Waals surface area contributed by atoms with Crippen molar-refractivity contribution in [3.8, 4) is 0 Å². The minimum absolute atomic E-state index is 0.273. The first-order valence-electron chi connectivity index (χ1n) is 6.40. The van der Waals surface area contributed by atoms with Gasteiger partial charge in [0.25, 0.3) is 0 Å². The molecule has 2 aromatic heterocycles. The third-order valence-corrected chi connectivity index (χ3v) is 3.16. The fourth-order valence-corrected chi connectivity index (χ4v) is 2.22. The van der Waals surface area contributed by atoms with Crippen LogP contribution < -0.4 is 0 Å². The van der Waals surface area contributed by atoms with Crippen molar-refractivity contribution in [3.05, 3.63) is 41.7 Å². The second-order valence-electron chi connectivity index (χ2n) is 4.39. The maximum absolute atomic E-state index is 12.2. The Morgan fingerprint density at radius 2 is 2.12 bits per heavy atom. The van der Waals surface area contributed by atoms with Gasteiger partial charge in [-0.2, -0.15) is 0 Å². The highest BCUT2D eigenvalue weighted by Crippen LogP contribution is 2.19. The van der Waals surface area contributed by atoms with Crippen LogP contribution in [0.5, 0.6) is 0 Å². The predicted octanol–water partition coefficient (Wildman–Crippen LogP) is 3.87. The van der Waals surface area contributed by atoms with Crippen LogP contribution in [-0.2, 0) is 6.42 Å². The van der Waals surface area contributed by atoms with Crippen LogP contribution in [-0.4, -0.2) is 10.2 Å². The predicted molar refractivity (Wildman–Crippen MR) is 70.6 cm³/mol. The van der Waals surface area contributed by atoms with E-state index >= 15 is 0 Å². The van der Waals surface area contributed by atoms with E-state index < -0.39 is 0 Å². The molecule has 0 N–H and O–H groups in total. The molecule has 0 saturated carbocycles. The van der Waals surface area contributed by atoms with Crippen LogP contribution in [0.2, 0.25) is 0 Å². The first-order valence-corrected chi connectivity index (χ1v) is 6.40. The van der Waals surface area contributed by atoms with Gasteiger partial charge in [-0.05, 0) is 36.6 Å². The molecule has 0 spiro atoms. The van der Waals surface area contributed by atoms with Gasteiger partial charge >= 0.3 is 0 Å². The molecule has 2 heterocycles. The molecule has 90 valence electrons. The standard InChI is InChI=1S/C15H19NO/c1-3-5-9-14(17)15-12(4-2)11-13-8-6-7-10-16(13)15/h6-8,10-11H,3-5,9H2,1-2H3. The molecule has 0 unspecified atom stereocenters. The van der Waals surface area contributed by atoms with E-state index in [-0.39, 0.29) is 5.78 Å². The number of carbonyl (C=O) groups is 1. The topological polar surface area (TPSA) is 21.5 Å². The lowest BCUT2D eigenvalue weighted by Crippen LogP contribution is -2.06. The van der Waals surface area contributed by atoms with E-state index in [1.165, 1.54) is 0 Å². The van der Waals surface area contributed by atoms with E-state index in [0.717, 1.165) is 36.0 Å². The molecule has 2 rings (SSSR count). The Balaban J connectivity index is 2.46. The molecule has 17 heavy (non-hydrogen) atoms. The largest absolute Gasteiger partial charge is 0.314 e. The fourth-order valence-electron chi connectivity index (χ4n) is 2.22.